The van der Waals surface area contributed by atoms with E-state index in [0.717, 1.165) is 25.9 Å². The van der Waals surface area contributed by atoms with Crippen molar-refractivity contribution in [3.63, 3.8) is 0 Å². The topological polar surface area (TPSA) is 46.3 Å². The number of hydrogen-bond acceptors (Lipinski definition) is 2. The zero-order chi connectivity index (χ0) is 12.3. The number of nitrogens with two attached hydrogens (primary N) is 1. The Hall–Kier alpha value is -0.280. The number of halogens is 1. The van der Waals surface area contributed by atoms with Gasteiger partial charge in [-0.15, -0.1) is 12.4 Å². The summed E-state index contributed by atoms with van der Waals surface area (Å²) in [6.07, 6.45) is 2.95. The number of rotatable bonds is 3. The molecule has 0 aliphatic carbocycles. The summed E-state index contributed by atoms with van der Waals surface area (Å²) in [7, 11) is 0. The van der Waals surface area contributed by atoms with Gasteiger partial charge in [-0.1, -0.05) is 27.2 Å². The predicted molar refractivity (Wildman–Crippen MR) is 74.3 cm³/mol. The van der Waals surface area contributed by atoms with Gasteiger partial charge in [-0.05, 0) is 31.6 Å². The van der Waals surface area contributed by atoms with Crippen molar-refractivity contribution in [3.8, 4) is 0 Å². The van der Waals surface area contributed by atoms with E-state index >= 15 is 0 Å². The van der Waals surface area contributed by atoms with E-state index in [1.165, 1.54) is 6.42 Å². The van der Waals surface area contributed by atoms with Gasteiger partial charge in [0.2, 0.25) is 5.91 Å². The normalized spacial score (nSPS) is 28.2. The Morgan fingerprint density at radius 1 is 1.35 bits per heavy atom. The van der Waals surface area contributed by atoms with E-state index in [-0.39, 0.29) is 18.3 Å². The molecule has 1 amide bonds. The van der Waals surface area contributed by atoms with E-state index in [0.29, 0.717) is 11.8 Å². The number of nitrogens with zero attached hydrogens (tertiary/aromatic N) is 1. The number of amides is 1. The number of likely N-dealkylation sites (tertiary alicyclic amines) is 1. The average molecular weight is 263 g/mol. The molecule has 0 bridgehead atoms. The molecule has 0 aromatic rings. The largest absolute Gasteiger partial charge is 0.341 e. The number of piperidine rings is 1. The van der Waals surface area contributed by atoms with Crippen LogP contribution in [0.1, 0.15) is 47.0 Å². The smallest absolute Gasteiger partial charge is 0.242 e. The Morgan fingerprint density at radius 3 is 2.24 bits per heavy atom. The van der Waals surface area contributed by atoms with Crippen LogP contribution in [0.25, 0.3) is 0 Å². The highest BCUT2D eigenvalue weighted by Gasteiger charge is 2.34. The molecule has 3 nitrogen and oxygen atoms in total. The van der Waals surface area contributed by atoms with Crippen molar-refractivity contribution in [2.75, 3.05) is 13.1 Å². The van der Waals surface area contributed by atoms with Crippen LogP contribution >= 0.6 is 12.4 Å². The maximum absolute atomic E-state index is 12.3. The van der Waals surface area contributed by atoms with Crippen molar-refractivity contribution in [3.05, 3.63) is 0 Å². The van der Waals surface area contributed by atoms with E-state index < -0.39 is 5.54 Å². The Morgan fingerprint density at radius 2 is 1.82 bits per heavy atom. The Labute approximate surface area is 112 Å². The lowest BCUT2D eigenvalue weighted by Crippen LogP contribution is -2.56. The number of carbonyl (C=O) groups excluding carboxylic acids is 1. The van der Waals surface area contributed by atoms with Crippen LogP contribution in [0.15, 0.2) is 0 Å². The molecule has 102 valence electrons. The quantitative estimate of drug-likeness (QED) is 0.849. The van der Waals surface area contributed by atoms with Crippen LogP contribution in [-0.4, -0.2) is 29.4 Å². The van der Waals surface area contributed by atoms with Gasteiger partial charge in [0.15, 0.2) is 0 Å². The molecule has 4 heteroatoms. The molecule has 0 spiro atoms. The van der Waals surface area contributed by atoms with Crippen molar-refractivity contribution in [1.82, 2.24) is 4.90 Å². The van der Waals surface area contributed by atoms with Gasteiger partial charge in [-0.3, -0.25) is 4.79 Å². The van der Waals surface area contributed by atoms with Crippen LogP contribution in [0.2, 0.25) is 0 Å². The first kappa shape index (κ1) is 16.7. The van der Waals surface area contributed by atoms with Gasteiger partial charge in [-0.2, -0.15) is 0 Å². The molecule has 2 N–H and O–H groups in total. The van der Waals surface area contributed by atoms with Crippen LogP contribution in [0.4, 0.5) is 0 Å². The molecule has 17 heavy (non-hydrogen) atoms. The van der Waals surface area contributed by atoms with Gasteiger partial charge < -0.3 is 10.6 Å². The van der Waals surface area contributed by atoms with Crippen molar-refractivity contribution in [2.45, 2.75) is 52.5 Å². The van der Waals surface area contributed by atoms with E-state index in [2.05, 4.69) is 20.8 Å². The molecular weight excluding hydrogens is 236 g/mol. The standard InChI is InChI=1S/C13H26N2O.ClH/c1-5-6-13(4,14)12(16)15-8-10(2)7-11(3)9-15;/h10-11H,5-9,14H2,1-4H3;1H. The second kappa shape index (κ2) is 6.60. The molecule has 0 radical (unpaired) electrons. The van der Waals surface area contributed by atoms with Crippen LogP contribution < -0.4 is 5.73 Å². The van der Waals surface area contributed by atoms with Gasteiger partial charge in [0.1, 0.15) is 0 Å². The van der Waals surface area contributed by atoms with Gasteiger partial charge in [0.25, 0.3) is 0 Å². The summed E-state index contributed by atoms with van der Waals surface area (Å²) in [4.78, 5) is 14.3. The molecule has 0 aromatic carbocycles. The maximum atomic E-state index is 12.3. The molecule has 0 saturated carbocycles. The zero-order valence-corrected chi connectivity index (χ0v) is 12.3. The number of carbonyl (C=O) groups is 1. The molecule has 0 aromatic heterocycles. The number of hydrogen-bond donors (Lipinski definition) is 1. The second-order valence-corrected chi connectivity index (χ2v) is 5.82. The first-order valence-electron chi connectivity index (χ1n) is 6.45. The third-order valence-corrected chi connectivity index (χ3v) is 3.41. The lowest BCUT2D eigenvalue weighted by Gasteiger charge is -2.39. The van der Waals surface area contributed by atoms with E-state index in [4.69, 9.17) is 5.73 Å². The van der Waals surface area contributed by atoms with Gasteiger partial charge in [0, 0.05) is 13.1 Å². The predicted octanol–water partition coefficient (Wildman–Crippen LogP) is 2.43. The molecular formula is C13H27ClN2O. The Bertz CT molecular complexity index is 246. The third-order valence-electron chi connectivity index (χ3n) is 3.41. The highest BCUT2D eigenvalue weighted by atomic mass is 35.5. The van der Waals surface area contributed by atoms with Crippen LogP contribution in [0.5, 0.6) is 0 Å². The zero-order valence-electron chi connectivity index (χ0n) is 11.5. The first-order valence-corrected chi connectivity index (χ1v) is 6.45. The van der Waals surface area contributed by atoms with E-state index in [1.807, 2.05) is 11.8 Å². The van der Waals surface area contributed by atoms with Crippen molar-refractivity contribution in [1.29, 1.82) is 0 Å². The lowest BCUT2D eigenvalue weighted by molar-refractivity contribution is -0.139. The fourth-order valence-corrected chi connectivity index (χ4v) is 2.82. The van der Waals surface area contributed by atoms with Gasteiger partial charge in [0.05, 0.1) is 5.54 Å². The summed E-state index contributed by atoms with van der Waals surface area (Å²) >= 11 is 0. The van der Waals surface area contributed by atoms with E-state index in [9.17, 15) is 4.79 Å². The molecule has 1 rings (SSSR count). The minimum atomic E-state index is -0.675. The SMILES string of the molecule is CCCC(C)(N)C(=O)N1CC(C)CC(C)C1.Cl. The minimum absolute atomic E-state index is 0. The molecule has 1 fully saturated rings. The molecule has 1 aliphatic heterocycles. The molecule has 1 saturated heterocycles. The summed E-state index contributed by atoms with van der Waals surface area (Å²) in [5.41, 5.74) is 5.43. The maximum Gasteiger partial charge on any atom is 0.242 e. The summed E-state index contributed by atoms with van der Waals surface area (Å²) in [5.74, 6) is 1.34. The summed E-state index contributed by atoms with van der Waals surface area (Å²) in [6.45, 7) is 10.1. The van der Waals surface area contributed by atoms with Crippen molar-refractivity contribution in [2.24, 2.45) is 17.6 Å². The first-order chi connectivity index (χ1) is 7.36. The summed E-state index contributed by atoms with van der Waals surface area (Å²) in [6, 6.07) is 0. The average Bonchev–Trinajstić information content (AvgIpc) is 2.14. The lowest BCUT2D eigenvalue weighted by atomic mass is 9.89. The van der Waals surface area contributed by atoms with Gasteiger partial charge in [-0.25, -0.2) is 0 Å². The summed E-state index contributed by atoms with van der Waals surface area (Å²) in [5, 5.41) is 0. The van der Waals surface area contributed by atoms with E-state index in [1.54, 1.807) is 0 Å². The fourth-order valence-electron chi connectivity index (χ4n) is 2.82. The molecule has 3 unspecified atom stereocenters. The van der Waals surface area contributed by atoms with Crippen LogP contribution in [-0.2, 0) is 4.79 Å². The Kier molecular flexibility index (Phi) is 6.49. The van der Waals surface area contributed by atoms with Gasteiger partial charge >= 0.3 is 0 Å². The van der Waals surface area contributed by atoms with Crippen LogP contribution in [0, 0.1) is 11.8 Å². The Balaban J connectivity index is 0.00000256. The van der Waals surface area contributed by atoms with Crippen molar-refractivity contribution < 1.29 is 4.79 Å². The molecule has 3 atom stereocenters. The molecule has 1 aliphatic rings. The van der Waals surface area contributed by atoms with Crippen LogP contribution in [0.3, 0.4) is 0 Å². The van der Waals surface area contributed by atoms with Crippen molar-refractivity contribution >= 4 is 18.3 Å². The minimum Gasteiger partial charge on any atom is -0.341 e. The fraction of sp³-hybridized carbons (Fsp3) is 0.923. The second-order valence-electron chi connectivity index (χ2n) is 5.82. The third kappa shape index (κ3) is 4.47. The molecule has 1 heterocycles. The highest BCUT2D eigenvalue weighted by Crippen LogP contribution is 2.23. The highest BCUT2D eigenvalue weighted by molar-refractivity contribution is 5.86. The summed E-state index contributed by atoms with van der Waals surface area (Å²) < 4.78 is 0. The monoisotopic (exact) mass is 262 g/mol.